The summed E-state index contributed by atoms with van der Waals surface area (Å²) in [7, 11) is 0. The number of aromatic nitrogens is 1. The minimum atomic E-state index is -0.948. The van der Waals surface area contributed by atoms with E-state index >= 15 is 0 Å². The third-order valence-electron chi connectivity index (χ3n) is 5.89. The van der Waals surface area contributed by atoms with E-state index < -0.39 is 11.4 Å². The molecule has 1 aromatic carbocycles. The van der Waals surface area contributed by atoms with Crippen molar-refractivity contribution in [3.8, 4) is 0 Å². The van der Waals surface area contributed by atoms with E-state index in [1.807, 2.05) is 38.1 Å². The van der Waals surface area contributed by atoms with Crippen molar-refractivity contribution in [3.05, 3.63) is 58.9 Å². The Labute approximate surface area is 165 Å². The summed E-state index contributed by atoms with van der Waals surface area (Å²) in [5, 5.41) is 12.5. The summed E-state index contributed by atoms with van der Waals surface area (Å²) >= 11 is 0. The summed E-state index contributed by atoms with van der Waals surface area (Å²) in [6, 6.07) is 12.1. The van der Waals surface area contributed by atoms with Gasteiger partial charge < -0.3 is 19.7 Å². The molecule has 1 aromatic heterocycles. The number of amides is 1. The molecule has 1 saturated heterocycles. The van der Waals surface area contributed by atoms with Crippen molar-refractivity contribution in [2.24, 2.45) is 5.41 Å². The Balaban J connectivity index is 1.79. The second-order valence-electron chi connectivity index (χ2n) is 7.62. The molecule has 0 aliphatic carbocycles. The molecule has 0 spiro atoms. The summed E-state index contributed by atoms with van der Waals surface area (Å²) in [5.74, 6) is -1.11. The average molecular weight is 384 g/mol. The topological polar surface area (TPSA) is 80.6 Å². The van der Waals surface area contributed by atoms with Crippen LogP contribution in [0.5, 0.6) is 0 Å². The van der Waals surface area contributed by atoms with Gasteiger partial charge in [0.1, 0.15) is 0 Å². The number of benzene rings is 1. The Morgan fingerprint density at radius 3 is 2.46 bits per heavy atom. The van der Waals surface area contributed by atoms with E-state index in [0.717, 1.165) is 11.4 Å². The predicted molar refractivity (Wildman–Crippen MR) is 107 cm³/mol. The smallest absolute Gasteiger partial charge is 0.311 e. The Morgan fingerprint density at radius 1 is 1.21 bits per heavy atom. The summed E-state index contributed by atoms with van der Waals surface area (Å²) in [5.41, 5.74) is 2.69. The maximum absolute atomic E-state index is 12.8. The largest absolute Gasteiger partial charge is 0.481 e. The van der Waals surface area contributed by atoms with Gasteiger partial charge >= 0.3 is 5.97 Å². The third-order valence-corrected chi connectivity index (χ3v) is 5.89. The molecule has 1 fully saturated rings. The van der Waals surface area contributed by atoms with Crippen LogP contribution in [0.25, 0.3) is 0 Å². The highest BCUT2D eigenvalue weighted by molar-refractivity contribution is 5.96. The van der Waals surface area contributed by atoms with E-state index in [4.69, 9.17) is 4.74 Å². The number of ether oxygens (including phenoxy) is 1. The molecule has 3 rings (SSSR count). The van der Waals surface area contributed by atoms with Crippen molar-refractivity contribution in [2.45, 2.75) is 39.7 Å². The number of aliphatic carboxylic acids is 1. The van der Waals surface area contributed by atoms with Crippen LogP contribution in [0.2, 0.25) is 0 Å². The molecular weight excluding hydrogens is 356 g/mol. The highest BCUT2D eigenvalue weighted by atomic mass is 16.5. The fraction of sp³-hybridized carbons (Fsp3) is 0.455. The lowest BCUT2D eigenvalue weighted by atomic mass is 9.80. The van der Waals surface area contributed by atoms with Crippen molar-refractivity contribution < 1.29 is 19.4 Å². The highest BCUT2D eigenvalue weighted by Crippen LogP contribution is 2.31. The number of hydrogen-bond acceptors (Lipinski definition) is 3. The maximum Gasteiger partial charge on any atom is 0.311 e. The number of rotatable bonds is 6. The summed E-state index contributed by atoms with van der Waals surface area (Å²) in [6.45, 7) is 6.96. The van der Waals surface area contributed by atoms with Gasteiger partial charge in [-0.05, 0) is 45.2 Å². The van der Waals surface area contributed by atoms with Crippen LogP contribution in [-0.4, -0.2) is 41.3 Å². The zero-order chi connectivity index (χ0) is 20.3. The second-order valence-corrected chi connectivity index (χ2v) is 7.62. The monoisotopic (exact) mass is 384 g/mol. The summed E-state index contributed by atoms with van der Waals surface area (Å²) in [6.07, 6.45) is 0.819. The number of nitrogens with zero attached hydrogens (tertiary/aromatic N) is 1. The molecule has 2 aromatic rings. The molecule has 150 valence electrons. The molecule has 1 atom stereocenters. The maximum atomic E-state index is 12.8. The van der Waals surface area contributed by atoms with Crippen molar-refractivity contribution in [3.63, 3.8) is 0 Å². The predicted octanol–water partition coefficient (Wildman–Crippen LogP) is 3.33. The van der Waals surface area contributed by atoms with Gasteiger partial charge in [0, 0.05) is 31.1 Å². The van der Waals surface area contributed by atoms with Crippen LogP contribution in [0.1, 0.15) is 53.1 Å². The number of aryl methyl sites for hydroxylation is 1. The normalized spacial score (nSPS) is 17.1. The van der Waals surface area contributed by atoms with Crippen LogP contribution in [0.3, 0.4) is 0 Å². The van der Waals surface area contributed by atoms with Gasteiger partial charge in [-0.25, -0.2) is 0 Å². The van der Waals surface area contributed by atoms with Gasteiger partial charge in [0.2, 0.25) is 0 Å². The van der Waals surface area contributed by atoms with Gasteiger partial charge in [-0.2, -0.15) is 0 Å². The lowest BCUT2D eigenvalue weighted by molar-refractivity contribution is -0.154. The van der Waals surface area contributed by atoms with Crippen LogP contribution in [0.15, 0.2) is 36.4 Å². The first-order chi connectivity index (χ1) is 13.4. The van der Waals surface area contributed by atoms with Crippen LogP contribution in [-0.2, 0) is 9.53 Å². The number of carbonyl (C=O) groups excluding carboxylic acids is 1. The molecule has 1 unspecified atom stereocenters. The quantitative estimate of drug-likeness (QED) is 0.801. The van der Waals surface area contributed by atoms with Gasteiger partial charge in [0.05, 0.1) is 17.0 Å². The average Bonchev–Trinajstić information content (AvgIpc) is 3.01. The van der Waals surface area contributed by atoms with Gasteiger partial charge in [-0.1, -0.05) is 30.3 Å². The second kappa shape index (κ2) is 8.19. The minimum absolute atomic E-state index is 0.101. The number of carboxylic acid groups (broad SMARTS) is 1. The van der Waals surface area contributed by atoms with Gasteiger partial charge in [0.15, 0.2) is 0 Å². The van der Waals surface area contributed by atoms with E-state index in [9.17, 15) is 14.7 Å². The Hall–Kier alpha value is -2.60. The molecule has 0 saturated carbocycles. The van der Waals surface area contributed by atoms with E-state index in [2.05, 4.69) is 28.9 Å². The zero-order valence-corrected chi connectivity index (χ0v) is 16.7. The molecule has 0 bridgehead atoms. The summed E-state index contributed by atoms with van der Waals surface area (Å²) in [4.78, 5) is 24.6. The Bertz CT molecular complexity index is 851. The fourth-order valence-electron chi connectivity index (χ4n) is 4.06. The first-order valence-electron chi connectivity index (χ1n) is 9.68. The molecule has 1 aliphatic heterocycles. The standard InChI is InChI=1S/C22H28N2O4/c1-15-13-19(17(3)24(15)16(2)18-7-5-4-6-8-18)20(25)23-14-22(21(26)27)9-11-28-12-10-22/h4-8,13,16H,9-12,14H2,1-3H3,(H,23,25)(H,26,27). The molecule has 2 heterocycles. The van der Waals surface area contributed by atoms with Gasteiger partial charge in [-0.15, -0.1) is 0 Å². The molecule has 6 nitrogen and oxygen atoms in total. The Kier molecular flexibility index (Phi) is 5.89. The van der Waals surface area contributed by atoms with E-state index in [1.54, 1.807) is 0 Å². The molecular formula is C22H28N2O4. The lowest BCUT2D eigenvalue weighted by Gasteiger charge is -2.33. The van der Waals surface area contributed by atoms with Crippen LogP contribution >= 0.6 is 0 Å². The number of nitrogens with one attached hydrogen (secondary N) is 1. The van der Waals surface area contributed by atoms with Crippen molar-refractivity contribution >= 4 is 11.9 Å². The zero-order valence-electron chi connectivity index (χ0n) is 16.7. The van der Waals surface area contributed by atoms with Crippen molar-refractivity contribution in [1.29, 1.82) is 0 Å². The molecule has 1 amide bonds. The molecule has 6 heteroatoms. The van der Waals surface area contributed by atoms with E-state index in [-0.39, 0.29) is 18.5 Å². The highest BCUT2D eigenvalue weighted by Gasteiger charge is 2.40. The molecule has 1 aliphatic rings. The van der Waals surface area contributed by atoms with Crippen LogP contribution < -0.4 is 5.32 Å². The lowest BCUT2D eigenvalue weighted by Crippen LogP contribution is -2.46. The third kappa shape index (κ3) is 3.83. The molecule has 2 N–H and O–H groups in total. The van der Waals surface area contributed by atoms with Gasteiger partial charge in [-0.3, -0.25) is 9.59 Å². The molecule has 0 radical (unpaired) electrons. The van der Waals surface area contributed by atoms with Crippen molar-refractivity contribution in [1.82, 2.24) is 9.88 Å². The minimum Gasteiger partial charge on any atom is -0.481 e. The Morgan fingerprint density at radius 2 is 1.86 bits per heavy atom. The first-order valence-corrected chi connectivity index (χ1v) is 9.68. The number of hydrogen-bond donors (Lipinski definition) is 2. The van der Waals surface area contributed by atoms with E-state index in [0.29, 0.717) is 31.6 Å². The first kappa shape index (κ1) is 20.1. The van der Waals surface area contributed by atoms with Crippen LogP contribution in [0.4, 0.5) is 0 Å². The van der Waals surface area contributed by atoms with Crippen molar-refractivity contribution in [2.75, 3.05) is 19.8 Å². The van der Waals surface area contributed by atoms with E-state index in [1.165, 1.54) is 5.56 Å². The SMILES string of the molecule is Cc1cc(C(=O)NCC2(C(=O)O)CCOCC2)c(C)n1C(C)c1ccccc1. The van der Waals surface area contributed by atoms with Gasteiger partial charge in [0.25, 0.3) is 5.91 Å². The number of carboxylic acids is 1. The summed E-state index contributed by atoms with van der Waals surface area (Å²) < 4.78 is 7.44. The molecule has 28 heavy (non-hydrogen) atoms. The fourth-order valence-corrected chi connectivity index (χ4v) is 4.06. The number of carbonyl (C=O) groups is 2. The van der Waals surface area contributed by atoms with Crippen LogP contribution in [0, 0.1) is 19.3 Å².